The van der Waals surface area contributed by atoms with Gasteiger partial charge in [-0.15, -0.1) is 0 Å². The first-order chi connectivity index (χ1) is 14.6. The van der Waals surface area contributed by atoms with E-state index in [1.165, 1.54) is 34.5 Å². The first kappa shape index (κ1) is 19.7. The van der Waals surface area contributed by atoms with Gasteiger partial charge >= 0.3 is 6.09 Å². The fourth-order valence-electron chi connectivity index (χ4n) is 3.67. The highest BCUT2D eigenvalue weighted by molar-refractivity contribution is 5.79. The number of carbonyl (C=O) groups excluding carboxylic acids is 1. The van der Waals surface area contributed by atoms with Crippen molar-refractivity contribution >= 4 is 6.09 Å². The van der Waals surface area contributed by atoms with Crippen LogP contribution >= 0.6 is 0 Å². The molecule has 3 aromatic rings. The Bertz CT molecular complexity index is 1100. The van der Waals surface area contributed by atoms with E-state index in [0.29, 0.717) is 18.5 Å². The third-order valence-corrected chi connectivity index (χ3v) is 5.16. The number of rotatable bonds is 4. The highest BCUT2D eigenvalue weighted by Gasteiger charge is 2.28. The van der Waals surface area contributed by atoms with Gasteiger partial charge in [-0.05, 0) is 34.7 Å². The maximum Gasteiger partial charge on any atom is 0.407 e. The summed E-state index contributed by atoms with van der Waals surface area (Å²) in [6, 6.07) is 17.7. The standard InChI is InChI=1S/C25H21FN2O2/c1-17-15-28-24(26)14-18(17)8-6-7-13-27-25(29)30-16-23-21-11-4-2-9-19(21)20-10-3-5-12-22(20)23/h2-5,9-12,14-15,23H,7,13,16H2,1H3,(H,27,29). The maximum atomic E-state index is 13.2. The second kappa shape index (κ2) is 8.79. The summed E-state index contributed by atoms with van der Waals surface area (Å²) >= 11 is 0. The van der Waals surface area contributed by atoms with E-state index in [9.17, 15) is 9.18 Å². The molecule has 0 saturated carbocycles. The van der Waals surface area contributed by atoms with E-state index in [0.717, 1.165) is 5.56 Å². The minimum atomic E-state index is -0.554. The Labute approximate surface area is 175 Å². The number of hydrogen-bond donors (Lipinski definition) is 1. The number of aryl methyl sites for hydroxylation is 1. The summed E-state index contributed by atoms with van der Waals surface area (Å²) in [6.45, 7) is 2.46. The number of ether oxygens (including phenoxy) is 1. The van der Waals surface area contributed by atoms with Crippen LogP contribution in [0.4, 0.5) is 9.18 Å². The summed E-state index contributed by atoms with van der Waals surface area (Å²) in [6.07, 6.45) is 1.42. The fraction of sp³-hybridized carbons (Fsp3) is 0.200. The van der Waals surface area contributed by atoms with Crippen molar-refractivity contribution in [1.29, 1.82) is 0 Å². The van der Waals surface area contributed by atoms with Gasteiger partial charge in [0.15, 0.2) is 0 Å². The van der Waals surface area contributed by atoms with Crippen LogP contribution in [-0.4, -0.2) is 24.2 Å². The van der Waals surface area contributed by atoms with Gasteiger partial charge in [-0.25, -0.2) is 9.78 Å². The first-order valence-corrected chi connectivity index (χ1v) is 9.83. The van der Waals surface area contributed by atoms with E-state index in [2.05, 4.69) is 46.4 Å². The van der Waals surface area contributed by atoms with Crippen LogP contribution in [0.25, 0.3) is 11.1 Å². The van der Waals surface area contributed by atoms with Crippen LogP contribution in [0.15, 0.2) is 60.8 Å². The molecule has 5 heteroatoms. The third-order valence-electron chi connectivity index (χ3n) is 5.16. The molecular formula is C25H21FN2O2. The van der Waals surface area contributed by atoms with E-state index in [4.69, 9.17) is 4.74 Å². The molecule has 1 N–H and O–H groups in total. The minimum Gasteiger partial charge on any atom is -0.449 e. The second-order valence-corrected chi connectivity index (χ2v) is 7.13. The number of halogens is 1. The van der Waals surface area contributed by atoms with Crippen LogP contribution in [0.2, 0.25) is 0 Å². The molecular weight excluding hydrogens is 379 g/mol. The van der Waals surface area contributed by atoms with E-state index in [1.807, 2.05) is 31.2 Å². The third kappa shape index (κ3) is 4.18. The number of hydrogen-bond acceptors (Lipinski definition) is 3. The van der Waals surface area contributed by atoms with Crippen LogP contribution in [-0.2, 0) is 4.74 Å². The summed E-state index contributed by atoms with van der Waals surface area (Å²) in [7, 11) is 0. The van der Waals surface area contributed by atoms with Crippen molar-refractivity contribution in [2.45, 2.75) is 19.3 Å². The van der Waals surface area contributed by atoms with Crippen molar-refractivity contribution in [1.82, 2.24) is 10.3 Å². The number of pyridine rings is 1. The smallest absolute Gasteiger partial charge is 0.407 e. The average Bonchev–Trinajstić information content (AvgIpc) is 3.08. The lowest BCUT2D eigenvalue weighted by molar-refractivity contribution is 0.143. The molecule has 4 rings (SSSR count). The Kier molecular flexibility index (Phi) is 5.76. The van der Waals surface area contributed by atoms with Gasteiger partial charge in [-0.1, -0.05) is 60.4 Å². The number of benzene rings is 2. The number of alkyl carbamates (subject to hydrolysis) is 1. The molecule has 0 radical (unpaired) electrons. The zero-order chi connectivity index (χ0) is 20.9. The molecule has 0 atom stereocenters. The number of nitrogens with one attached hydrogen (secondary N) is 1. The van der Waals surface area contributed by atoms with Gasteiger partial charge in [-0.3, -0.25) is 0 Å². The van der Waals surface area contributed by atoms with Gasteiger partial charge in [-0.2, -0.15) is 4.39 Å². The normalized spacial score (nSPS) is 11.8. The molecule has 150 valence electrons. The predicted molar refractivity (Wildman–Crippen MR) is 113 cm³/mol. The number of nitrogens with zero attached hydrogens (tertiary/aromatic N) is 1. The van der Waals surface area contributed by atoms with Crippen LogP contribution in [0.5, 0.6) is 0 Å². The van der Waals surface area contributed by atoms with E-state index >= 15 is 0 Å². The van der Waals surface area contributed by atoms with Crippen molar-refractivity contribution in [2.24, 2.45) is 0 Å². The summed E-state index contributed by atoms with van der Waals surface area (Å²) in [5, 5.41) is 2.72. The van der Waals surface area contributed by atoms with Gasteiger partial charge in [0, 0.05) is 36.7 Å². The van der Waals surface area contributed by atoms with E-state index < -0.39 is 12.0 Å². The Morgan fingerprint density at radius 3 is 2.50 bits per heavy atom. The lowest BCUT2D eigenvalue weighted by atomic mass is 9.98. The Morgan fingerprint density at radius 1 is 1.13 bits per heavy atom. The molecule has 1 aromatic heterocycles. The highest BCUT2D eigenvalue weighted by Crippen LogP contribution is 2.44. The molecule has 0 bridgehead atoms. The van der Waals surface area contributed by atoms with E-state index in [1.54, 1.807) is 0 Å². The van der Waals surface area contributed by atoms with Crippen LogP contribution in [0, 0.1) is 24.7 Å². The van der Waals surface area contributed by atoms with Crippen LogP contribution in [0.3, 0.4) is 0 Å². The average molecular weight is 400 g/mol. The summed E-state index contributed by atoms with van der Waals surface area (Å²) in [5.41, 5.74) is 6.16. The lowest BCUT2D eigenvalue weighted by Crippen LogP contribution is -2.26. The molecule has 0 saturated heterocycles. The molecule has 0 spiro atoms. The fourth-order valence-corrected chi connectivity index (χ4v) is 3.67. The Hall–Kier alpha value is -3.65. The largest absolute Gasteiger partial charge is 0.449 e. The first-order valence-electron chi connectivity index (χ1n) is 9.83. The highest BCUT2D eigenvalue weighted by atomic mass is 19.1. The Morgan fingerprint density at radius 2 is 1.80 bits per heavy atom. The van der Waals surface area contributed by atoms with Gasteiger partial charge in [0.25, 0.3) is 0 Å². The van der Waals surface area contributed by atoms with Crippen molar-refractivity contribution in [3.8, 4) is 23.0 Å². The molecule has 1 aliphatic rings. The number of aromatic nitrogens is 1. The zero-order valence-electron chi connectivity index (χ0n) is 16.6. The SMILES string of the molecule is Cc1cnc(F)cc1C#CCCNC(=O)OCC1c2ccccc2-c2ccccc21. The number of amides is 1. The predicted octanol–water partition coefficient (Wildman–Crippen LogP) is 4.81. The quantitative estimate of drug-likeness (QED) is 0.388. The molecule has 0 aliphatic heterocycles. The van der Waals surface area contributed by atoms with Gasteiger partial charge in [0.1, 0.15) is 6.61 Å². The number of fused-ring (bicyclic) bond motifs is 3. The summed E-state index contributed by atoms with van der Waals surface area (Å²) in [4.78, 5) is 15.7. The summed E-state index contributed by atoms with van der Waals surface area (Å²) < 4.78 is 18.7. The van der Waals surface area contributed by atoms with Crippen molar-refractivity contribution in [3.63, 3.8) is 0 Å². The Balaban J connectivity index is 1.30. The van der Waals surface area contributed by atoms with Crippen LogP contribution < -0.4 is 5.32 Å². The zero-order valence-corrected chi connectivity index (χ0v) is 16.6. The molecule has 0 fully saturated rings. The number of carbonyl (C=O) groups is 1. The molecule has 1 heterocycles. The van der Waals surface area contributed by atoms with Crippen molar-refractivity contribution < 1.29 is 13.9 Å². The molecule has 0 unspecified atom stereocenters. The molecule has 2 aromatic carbocycles. The van der Waals surface area contributed by atoms with Gasteiger partial charge < -0.3 is 10.1 Å². The molecule has 4 nitrogen and oxygen atoms in total. The molecule has 1 amide bonds. The minimum absolute atomic E-state index is 0.0347. The van der Waals surface area contributed by atoms with Crippen molar-refractivity contribution in [2.75, 3.05) is 13.2 Å². The van der Waals surface area contributed by atoms with E-state index in [-0.39, 0.29) is 12.5 Å². The second-order valence-electron chi connectivity index (χ2n) is 7.13. The maximum absolute atomic E-state index is 13.2. The molecule has 30 heavy (non-hydrogen) atoms. The molecule has 1 aliphatic carbocycles. The van der Waals surface area contributed by atoms with Gasteiger partial charge in [0.2, 0.25) is 5.95 Å². The topological polar surface area (TPSA) is 51.2 Å². The van der Waals surface area contributed by atoms with Crippen molar-refractivity contribution in [3.05, 3.63) is 89.0 Å². The van der Waals surface area contributed by atoms with Crippen LogP contribution in [0.1, 0.15) is 34.6 Å². The lowest BCUT2D eigenvalue weighted by Gasteiger charge is -2.14. The van der Waals surface area contributed by atoms with Gasteiger partial charge in [0.05, 0.1) is 0 Å². The summed E-state index contributed by atoms with van der Waals surface area (Å²) in [5.74, 6) is 5.32. The monoisotopic (exact) mass is 400 g/mol.